The van der Waals surface area contributed by atoms with E-state index in [1.165, 1.54) is 6.92 Å². The number of carbonyl (C=O) groups excluding carboxylic acids is 2. The number of carboxylic acids is 1. The monoisotopic (exact) mass is 215 g/mol. The third-order valence-corrected chi connectivity index (χ3v) is 1.45. The topological polar surface area (TPSA) is 122 Å². The highest BCUT2D eigenvalue weighted by atomic mass is 16.4. The van der Waals surface area contributed by atoms with Gasteiger partial charge in [0, 0.05) is 5.57 Å². The Labute approximate surface area is 86.3 Å². The maximum absolute atomic E-state index is 11.0. The van der Waals surface area contributed by atoms with Gasteiger partial charge < -0.3 is 10.8 Å². The molecule has 0 saturated carbocycles. The number of carboxylic acid groups (broad SMARTS) is 1. The summed E-state index contributed by atoms with van der Waals surface area (Å²) in [5.41, 5.74) is 9.30. The van der Waals surface area contributed by atoms with Gasteiger partial charge in [-0.05, 0) is 6.92 Å². The Bertz CT molecular complexity index is 300. The van der Waals surface area contributed by atoms with E-state index in [-0.39, 0.29) is 5.57 Å². The summed E-state index contributed by atoms with van der Waals surface area (Å²) in [5.74, 6) is -2.61. The van der Waals surface area contributed by atoms with E-state index in [4.69, 9.17) is 10.8 Å². The Balaban J connectivity index is 4.19. The van der Waals surface area contributed by atoms with E-state index in [9.17, 15) is 14.4 Å². The van der Waals surface area contributed by atoms with Crippen LogP contribution in [0.25, 0.3) is 0 Å². The van der Waals surface area contributed by atoms with Crippen molar-refractivity contribution in [3.8, 4) is 0 Å². The van der Waals surface area contributed by atoms with Crippen LogP contribution < -0.4 is 16.6 Å². The number of amides is 2. The number of aliphatic carboxylic acids is 1. The Morgan fingerprint density at radius 3 is 2.33 bits per heavy atom. The van der Waals surface area contributed by atoms with Crippen molar-refractivity contribution >= 4 is 17.8 Å². The standard InChI is InChI=1S/C8H13N3O4/c1-4(2)7(13)11-10-5(8(14)15)3-6(9)12/h5,10H,1,3H2,2H3,(H2,9,12)(H,11,13)(H,14,15)/t5-/m0/s1. The van der Waals surface area contributed by atoms with Gasteiger partial charge in [0.1, 0.15) is 6.04 Å². The zero-order valence-corrected chi connectivity index (χ0v) is 8.24. The van der Waals surface area contributed by atoms with Gasteiger partial charge in [0.05, 0.1) is 6.42 Å². The zero-order valence-electron chi connectivity index (χ0n) is 8.24. The van der Waals surface area contributed by atoms with Gasteiger partial charge in [-0.1, -0.05) is 6.58 Å². The Kier molecular flexibility index (Phi) is 5.03. The van der Waals surface area contributed by atoms with Crippen LogP contribution in [-0.4, -0.2) is 28.9 Å². The zero-order chi connectivity index (χ0) is 12.0. The first-order valence-corrected chi connectivity index (χ1v) is 4.07. The van der Waals surface area contributed by atoms with Gasteiger partial charge in [0.25, 0.3) is 5.91 Å². The van der Waals surface area contributed by atoms with Crippen LogP contribution in [0.15, 0.2) is 12.2 Å². The van der Waals surface area contributed by atoms with Gasteiger partial charge in [0.2, 0.25) is 5.91 Å². The minimum Gasteiger partial charge on any atom is -0.480 e. The lowest BCUT2D eigenvalue weighted by molar-refractivity contribution is -0.141. The van der Waals surface area contributed by atoms with Crippen molar-refractivity contribution in [2.75, 3.05) is 0 Å². The largest absolute Gasteiger partial charge is 0.480 e. The Morgan fingerprint density at radius 1 is 1.47 bits per heavy atom. The summed E-state index contributed by atoms with van der Waals surface area (Å²) >= 11 is 0. The number of nitrogens with two attached hydrogens (primary N) is 1. The first-order valence-electron chi connectivity index (χ1n) is 4.07. The van der Waals surface area contributed by atoms with Gasteiger partial charge >= 0.3 is 5.97 Å². The van der Waals surface area contributed by atoms with Crippen LogP contribution in [-0.2, 0) is 14.4 Å². The second kappa shape index (κ2) is 5.76. The van der Waals surface area contributed by atoms with Gasteiger partial charge in [-0.25, -0.2) is 5.43 Å². The molecule has 1 atom stereocenters. The minimum atomic E-state index is -1.28. The number of hydrazine groups is 1. The lowest BCUT2D eigenvalue weighted by atomic mass is 10.2. The predicted octanol–water partition coefficient (Wildman–Crippen LogP) is -1.49. The summed E-state index contributed by atoms with van der Waals surface area (Å²) in [6.07, 6.45) is -0.411. The lowest BCUT2D eigenvalue weighted by Crippen LogP contribution is -2.49. The molecule has 0 saturated heterocycles. The molecule has 5 N–H and O–H groups in total. The third-order valence-electron chi connectivity index (χ3n) is 1.45. The molecule has 15 heavy (non-hydrogen) atoms. The van der Waals surface area contributed by atoms with E-state index >= 15 is 0 Å². The lowest BCUT2D eigenvalue weighted by Gasteiger charge is -2.13. The predicted molar refractivity (Wildman–Crippen MR) is 51.3 cm³/mol. The van der Waals surface area contributed by atoms with E-state index in [2.05, 4.69) is 17.4 Å². The molecule has 0 fully saturated rings. The summed E-state index contributed by atoms with van der Waals surface area (Å²) in [5, 5.41) is 8.63. The van der Waals surface area contributed by atoms with Crippen molar-refractivity contribution in [2.24, 2.45) is 5.73 Å². The molecule has 84 valence electrons. The summed E-state index contributed by atoms with van der Waals surface area (Å²) < 4.78 is 0. The molecule has 0 spiro atoms. The molecule has 7 nitrogen and oxygen atoms in total. The fourth-order valence-electron chi connectivity index (χ4n) is 0.661. The Morgan fingerprint density at radius 2 is 2.00 bits per heavy atom. The molecule has 0 radical (unpaired) electrons. The molecule has 7 heteroatoms. The van der Waals surface area contributed by atoms with Gasteiger partial charge in [-0.3, -0.25) is 19.8 Å². The van der Waals surface area contributed by atoms with E-state index in [0.29, 0.717) is 0 Å². The molecule has 0 heterocycles. The smallest absolute Gasteiger partial charge is 0.323 e. The van der Waals surface area contributed by atoms with Gasteiger partial charge in [-0.15, -0.1) is 0 Å². The summed E-state index contributed by atoms with van der Waals surface area (Å²) in [6, 6.07) is -1.24. The average Bonchev–Trinajstić information content (AvgIpc) is 2.10. The molecule has 0 rings (SSSR count). The molecular formula is C8H13N3O4. The second-order valence-corrected chi connectivity index (χ2v) is 2.94. The molecule has 2 amide bonds. The summed E-state index contributed by atoms with van der Waals surface area (Å²) in [6.45, 7) is 4.81. The highest BCUT2D eigenvalue weighted by Gasteiger charge is 2.20. The maximum atomic E-state index is 11.0. The number of nitrogens with one attached hydrogen (secondary N) is 2. The molecule has 0 aliphatic rings. The van der Waals surface area contributed by atoms with Crippen LogP contribution in [0.2, 0.25) is 0 Å². The van der Waals surface area contributed by atoms with Crippen molar-refractivity contribution in [3.63, 3.8) is 0 Å². The fourth-order valence-corrected chi connectivity index (χ4v) is 0.661. The van der Waals surface area contributed by atoms with E-state index in [0.717, 1.165) is 0 Å². The van der Waals surface area contributed by atoms with Crippen molar-refractivity contribution in [1.82, 2.24) is 10.9 Å². The molecule has 0 aromatic heterocycles. The Hall–Kier alpha value is -1.89. The SMILES string of the molecule is C=C(C)C(=O)NN[C@@H](CC(N)=O)C(=O)O. The third kappa shape index (κ3) is 5.42. The van der Waals surface area contributed by atoms with E-state index < -0.39 is 30.2 Å². The molecule has 0 unspecified atom stereocenters. The van der Waals surface area contributed by atoms with Crippen molar-refractivity contribution in [2.45, 2.75) is 19.4 Å². The number of hydrogen-bond donors (Lipinski definition) is 4. The normalized spacial score (nSPS) is 11.5. The van der Waals surface area contributed by atoms with Crippen molar-refractivity contribution in [3.05, 3.63) is 12.2 Å². The van der Waals surface area contributed by atoms with Gasteiger partial charge in [-0.2, -0.15) is 0 Å². The maximum Gasteiger partial charge on any atom is 0.323 e. The summed E-state index contributed by atoms with van der Waals surface area (Å²) in [4.78, 5) is 32.0. The van der Waals surface area contributed by atoms with Crippen molar-refractivity contribution in [1.29, 1.82) is 0 Å². The summed E-state index contributed by atoms with van der Waals surface area (Å²) in [7, 11) is 0. The molecule has 0 aliphatic carbocycles. The van der Waals surface area contributed by atoms with Crippen LogP contribution in [0.3, 0.4) is 0 Å². The van der Waals surface area contributed by atoms with Gasteiger partial charge in [0.15, 0.2) is 0 Å². The fraction of sp³-hybridized carbons (Fsp3) is 0.375. The first kappa shape index (κ1) is 13.1. The highest BCUT2D eigenvalue weighted by Crippen LogP contribution is 1.91. The first-order chi connectivity index (χ1) is 6.84. The average molecular weight is 215 g/mol. The molecule has 0 bridgehead atoms. The molecule has 0 aromatic rings. The van der Waals surface area contributed by atoms with E-state index in [1.54, 1.807) is 0 Å². The quantitative estimate of drug-likeness (QED) is 0.318. The van der Waals surface area contributed by atoms with Crippen molar-refractivity contribution < 1.29 is 19.5 Å². The minimum absolute atomic E-state index is 0.214. The number of rotatable bonds is 6. The van der Waals surface area contributed by atoms with Crippen LogP contribution >= 0.6 is 0 Å². The molecule has 0 aliphatic heterocycles. The van der Waals surface area contributed by atoms with Crippen LogP contribution in [0, 0.1) is 0 Å². The number of carbonyl (C=O) groups is 3. The van der Waals surface area contributed by atoms with E-state index in [1.807, 2.05) is 0 Å². The molecular weight excluding hydrogens is 202 g/mol. The van der Waals surface area contributed by atoms with Crippen LogP contribution in [0.1, 0.15) is 13.3 Å². The number of hydrogen-bond acceptors (Lipinski definition) is 4. The number of primary amides is 1. The highest BCUT2D eigenvalue weighted by molar-refractivity contribution is 5.92. The second-order valence-electron chi connectivity index (χ2n) is 2.94. The van der Waals surface area contributed by atoms with Crippen LogP contribution in [0.4, 0.5) is 0 Å². The van der Waals surface area contributed by atoms with Crippen LogP contribution in [0.5, 0.6) is 0 Å². The molecule has 0 aromatic carbocycles.